The number of amides is 1. The third kappa shape index (κ3) is 4.55. The molecule has 0 unspecified atom stereocenters. The monoisotopic (exact) mass is 420 g/mol. The minimum atomic E-state index is -0.328. The molecule has 1 amide bonds. The van der Waals surface area contributed by atoms with Crippen molar-refractivity contribution in [2.75, 3.05) is 20.3 Å². The third-order valence-corrected chi connectivity index (χ3v) is 4.96. The molecule has 4 rings (SSSR count). The summed E-state index contributed by atoms with van der Waals surface area (Å²) in [6.45, 7) is 2.24. The molecule has 1 aliphatic heterocycles. The molecule has 7 nitrogen and oxygen atoms in total. The molecule has 1 aromatic heterocycles. The van der Waals surface area contributed by atoms with Crippen LogP contribution in [-0.4, -0.2) is 37.0 Å². The maximum absolute atomic E-state index is 13.1. The number of hydrogen-bond acceptors (Lipinski definition) is 6. The first-order valence-electron chi connectivity index (χ1n) is 10.1. The van der Waals surface area contributed by atoms with Gasteiger partial charge in [-0.25, -0.2) is 5.01 Å². The van der Waals surface area contributed by atoms with Crippen LogP contribution in [0.25, 0.3) is 0 Å². The van der Waals surface area contributed by atoms with E-state index >= 15 is 0 Å². The van der Waals surface area contributed by atoms with Gasteiger partial charge in [0, 0.05) is 6.42 Å². The summed E-state index contributed by atoms with van der Waals surface area (Å²) in [7, 11) is 1.62. The summed E-state index contributed by atoms with van der Waals surface area (Å²) >= 11 is 0. The van der Waals surface area contributed by atoms with E-state index in [0.29, 0.717) is 30.3 Å². The van der Waals surface area contributed by atoms with Gasteiger partial charge in [0.25, 0.3) is 5.91 Å². The SMILES string of the molecule is CCOc1ccccc1OCC(=O)N1N=C(c2ccc(OC)cc2)C[C@@H]1c1ccco1. The van der Waals surface area contributed by atoms with Crippen LogP contribution in [0.3, 0.4) is 0 Å². The van der Waals surface area contributed by atoms with Gasteiger partial charge in [-0.2, -0.15) is 5.10 Å². The standard InChI is InChI=1S/C24H24N2O5/c1-3-29-22-7-4-5-8-23(22)31-16-24(27)26-20(21-9-6-14-30-21)15-19(25-26)17-10-12-18(28-2)13-11-17/h4-14,20H,3,15-16H2,1-2H3/t20-/m1/s1. The van der Waals surface area contributed by atoms with E-state index in [1.807, 2.05) is 55.5 Å². The van der Waals surface area contributed by atoms with E-state index in [2.05, 4.69) is 5.10 Å². The number of furan rings is 1. The molecule has 2 heterocycles. The van der Waals surface area contributed by atoms with Crippen molar-refractivity contribution in [2.24, 2.45) is 5.10 Å². The van der Waals surface area contributed by atoms with Crippen molar-refractivity contribution in [2.45, 2.75) is 19.4 Å². The van der Waals surface area contributed by atoms with Crippen LogP contribution in [0, 0.1) is 0 Å². The molecule has 0 spiro atoms. The summed E-state index contributed by atoms with van der Waals surface area (Å²) in [5, 5.41) is 6.06. The molecule has 0 radical (unpaired) electrons. The van der Waals surface area contributed by atoms with Gasteiger partial charge in [-0.3, -0.25) is 4.79 Å². The zero-order chi connectivity index (χ0) is 21.6. The van der Waals surface area contributed by atoms with Crippen LogP contribution in [0.15, 0.2) is 76.4 Å². The van der Waals surface area contributed by atoms with Crippen LogP contribution in [-0.2, 0) is 4.79 Å². The van der Waals surface area contributed by atoms with Crippen LogP contribution in [0.2, 0.25) is 0 Å². The molecule has 7 heteroatoms. The van der Waals surface area contributed by atoms with Crippen molar-refractivity contribution in [1.29, 1.82) is 0 Å². The molecule has 0 N–H and O–H groups in total. The van der Waals surface area contributed by atoms with E-state index in [1.165, 1.54) is 5.01 Å². The minimum absolute atomic E-state index is 0.166. The summed E-state index contributed by atoms with van der Waals surface area (Å²) in [5.74, 6) is 2.29. The van der Waals surface area contributed by atoms with E-state index in [1.54, 1.807) is 25.5 Å². The highest BCUT2D eigenvalue weighted by atomic mass is 16.5. The molecule has 0 bridgehead atoms. The van der Waals surface area contributed by atoms with E-state index in [-0.39, 0.29) is 18.6 Å². The Morgan fingerprint density at radius 3 is 2.45 bits per heavy atom. The van der Waals surface area contributed by atoms with Crippen LogP contribution < -0.4 is 14.2 Å². The first-order valence-corrected chi connectivity index (χ1v) is 10.1. The fraction of sp³-hybridized carbons (Fsp3) is 0.250. The van der Waals surface area contributed by atoms with Gasteiger partial charge in [0.15, 0.2) is 18.1 Å². The lowest BCUT2D eigenvalue weighted by Crippen LogP contribution is -2.31. The molecule has 1 atom stereocenters. The van der Waals surface area contributed by atoms with Crippen molar-refractivity contribution < 1.29 is 23.4 Å². The van der Waals surface area contributed by atoms with Gasteiger partial charge < -0.3 is 18.6 Å². The fourth-order valence-electron chi connectivity index (χ4n) is 3.45. The highest BCUT2D eigenvalue weighted by Gasteiger charge is 2.35. The Morgan fingerprint density at radius 1 is 1.06 bits per heavy atom. The van der Waals surface area contributed by atoms with Crippen molar-refractivity contribution in [3.63, 3.8) is 0 Å². The van der Waals surface area contributed by atoms with Crippen LogP contribution >= 0.6 is 0 Å². The summed E-state index contributed by atoms with van der Waals surface area (Å²) in [5.41, 5.74) is 1.72. The lowest BCUT2D eigenvalue weighted by Gasteiger charge is -2.20. The van der Waals surface area contributed by atoms with Gasteiger partial charge >= 0.3 is 0 Å². The molecule has 0 aliphatic carbocycles. The summed E-state index contributed by atoms with van der Waals surface area (Å²) in [6, 6.07) is 18.2. The third-order valence-electron chi connectivity index (χ3n) is 4.96. The predicted octanol–water partition coefficient (Wildman–Crippen LogP) is 4.44. The average molecular weight is 420 g/mol. The molecule has 0 fully saturated rings. The summed E-state index contributed by atoms with van der Waals surface area (Å²) in [4.78, 5) is 13.1. The van der Waals surface area contributed by atoms with E-state index in [4.69, 9.17) is 18.6 Å². The molecule has 160 valence electrons. The zero-order valence-corrected chi connectivity index (χ0v) is 17.5. The Hall–Kier alpha value is -3.74. The van der Waals surface area contributed by atoms with Crippen molar-refractivity contribution in [1.82, 2.24) is 5.01 Å². The summed E-state index contributed by atoms with van der Waals surface area (Å²) in [6.07, 6.45) is 2.14. The first-order chi connectivity index (χ1) is 15.2. The average Bonchev–Trinajstić information content (AvgIpc) is 3.49. The molecule has 1 aliphatic rings. The number of para-hydroxylation sites is 2. The smallest absolute Gasteiger partial charge is 0.281 e. The fourth-order valence-corrected chi connectivity index (χ4v) is 3.45. The lowest BCUT2D eigenvalue weighted by atomic mass is 10.0. The molecule has 31 heavy (non-hydrogen) atoms. The van der Waals surface area contributed by atoms with Gasteiger partial charge in [-0.15, -0.1) is 0 Å². The van der Waals surface area contributed by atoms with Gasteiger partial charge in [0.05, 0.1) is 25.7 Å². The van der Waals surface area contributed by atoms with Crippen molar-refractivity contribution in [3.8, 4) is 17.2 Å². The van der Waals surface area contributed by atoms with Gasteiger partial charge in [-0.05, 0) is 61.0 Å². The Balaban J connectivity index is 1.54. The highest BCUT2D eigenvalue weighted by Crippen LogP contribution is 2.34. The number of hydrogen-bond donors (Lipinski definition) is 0. The number of carbonyl (C=O) groups is 1. The number of methoxy groups -OCH3 is 1. The van der Waals surface area contributed by atoms with Crippen LogP contribution in [0.1, 0.15) is 30.7 Å². The second-order valence-electron chi connectivity index (χ2n) is 6.92. The van der Waals surface area contributed by atoms with Crippen LogP contribution in [0.5, 0.6) is 17.2 Å². The maximum Gasteiger partial charge on any atom is 0.281 e. The summed E-state index contributed by atoms with van der Waals surface area (Å²) < 4.78 is 22.1. The minimum Gasteiger partial charge on any atom is -0.497 e. The largest absolute Gasteiger partial charge is 0.497 e. The molecule has 0 saturated heterocycles. The molecular formula is C24H24N2O5. The highest BCUT2D eigenvalue weighted by molar-refractivity contribution is 6.03. The Kier molecular flexibility index (Phi) is 6.21. The maximum atomic E-state index is 13.1. The molecule has 2 aromatic carbocycles. The molecule has 0 saturated carbocycles. The number of benzene rings is 2. The first kappa shape index (κ1) is 20.5. The quantitative estimate of drug-likeness (QED) is 0.539. The number of carbonyl (C=O) groups excluding carboxylic acids is 1. The molecular weight excluding hydrogens is 396 g/mol. The Morgan fingerprint density at radius 2 is 1.81 bits per heavy atom. The van der Waals surface area contributed by atoms with Crippen molar-refractivity contribution >= 4 is 11.6 Å². The van der Waals surface area contributed by atoms with Gasteiger partial charge in [-0.1, -0.05) is 12.1 Å². The lowest BCUT2D eigenvalue weighted by molar-refractivity contribution is -0.135. The number of ether oxygens (including phenoxy) is 3. The zero-order valence-electron chi connectivity index (χ0n) is 17.5. The van der Waals surface area contributed by atoms with E-state index in [9.17, 15) is 4.79 Å². The van der Waals surface area contributed by atoms with E-state index < -0.39 is 0 Å². The van der Waals surface area contributed by atoms with Crippen LogP contribution in [0.4, 0.5) is 0 Å². The normalized spacial score (nSPS) is 15.5. The number of hydrazone groups is 1. The topological polar surface area (TPSA) is 73.5 Å². The number of nitrogens with zero attached hydrogens (tertiary/aromatic N) is 2. The van der Waals surface area contributed by atoms with Crippen molar-refractivity contribution in [3.05, 3.63) is 78.3 Å². The van der Waals surface area contributed by atoms with E-state index in [0.717, 1.165) is 17.0 Å². The van der Waals surface area contributed by atoms with Gasteiger partial charge in [0.1, 0.15) is 17.6 Å². The predicted molar refractivity (Wildman–Crippen MR) is 116 cm³/mol. The second kappa shape index (κ2) is 9.38. The Labute approximate surface area is 180 Å². The second-order valence-corrected chi connectivity index (χ2v) is 6.92. The molecule has 3 aromatic rings. The number of rotatable bonds is 8. The van der Waals surface area contributed by atoms with Gasteiger partial charge in [0.2, 0.25) is 0 Å². The Bertz CT molecular complexity index is 1040.